The van der Waals surface area contributed by atoms with Crippen LogP contribution in [0.5, 0.6) is 0 Å². The second kappa shape index (κ2) is 5.25. The van der Waals surface area contributed by atoms with Gasteiger partial charge in [0.25, 0.3) is 5.91 Å². The Morgan fingerprint density at radius 3 is 2.95 bits per heavy atom. The normalized spacial score (nSPS) is 10.4. The lowest BCUT2D eigenvalue weighted by Crippen LogP contribution is -2.23. The van der Waals surface area contributed by atoms with Crippen molar-refractivity contribution in [3.63, 3.8) is 0 Å². The first-order valence-corrected chi connectivity index (χ1v) is 5.24. The molecule has 0 radical (unpaired) electrons. The maximum Gasteiger partial charge on any atom is 0.325 e. The molecule has 2 N–H and O–H groups in total. The van der Waals surface area contributed by atoms with E-state index in [9.17, 15) is 9.59 Å². The van der Waals surface area contributed by atoms with Crippen LogP contribution >= 0.6 is 0 Å². The molecule has 0 saturated carbocycles. The second-order valence-corrected chi connectivity index (χ2v) is 3.61. The molecule has 100 valence electrons. The summed E-state index contributed by atoms with van der Waals surface area (Å²) in [6, 6.07) is 0. The van der Waals surface area contributed by atoms with Crippen molar-refractivity contribution in [2.45, 2.75) is 20.0 Å². The van der Waals surface area contributed by atoms with E-state index in [-0.39, 0.29) is 24.7 Å². The molecule has 10 nitrogen and oxygen atoms in total. The molecule has 0 bridgehead atoms. The highest BCUT2D eigenvalue weighted by Crippen LogP contribution is 1.97. The highest BCUT2D eigenvalue weighted by Gasteiger charge is 2.13. The van der Waals surface area contributed by atoms with E-state index in [2.05, 4.69) is 25.8 Å². The number of carbonyl (C=O) groups is 2. The van der Waals surface area contributed by atoms with Gasteiger partial charge in [0.05, 0.1) is 12.7 Å². The van der Waals surface area contributed by atoms with Gasteiger partial charge in [-0.25, -0.2) is 4.68 Å². The molecular weight excluding hydrogens is 256 g/mol. The summed E-state index contributed by atoms with van der Waals surface area (Å²) in [5.41, 5.74) is 0.0116. The maximum absolute atomic E-state index is 11.7. The van der Waals surface area contributed by atoms with Gasteiger partial charge in [-0.15, -0.1) is 5.10 Å². The number of rotatable bonds is 5. The molecule has 0 atom stereocenters. The number of nitrogens with zero attached hydrogens (tertiary/aromatic N) is 5. The van der Waals surface area contributed by atoms with Crippen molar-refractivity contribution >= 4 is 11.9 Å². The number of aryl methyl sites for hydroxylation is 1. The molecule has 0 fully saturated rings. The van der Waals surface area contributed by atoms with Crippen LogP contribution in [-0.4, -0.2) is 42.1 Å². The van der Waals surface area contributed by atoms with E-state index >= 15 is 0 Å². The molecule has 0 aliphatic rings. The lowest BCUT2D eigenvalue weighted by Gasteiger charge is -1.97. The molecule has 0 aliphatic carbocycles. The fourth-order valence-electron chi connectivity index (χ4n) is 1.28. The third-order valence-corrected chi connectivity index (χ3v) is 2.04. The summed E-state index contributed by atoms with van der Waals surface area (Å²) in [5, 5.41) is 21.7. The van der Waals surface area contributed by atoms with Crippen molar-refractivity contribution < 1.29 is 19.2 Å². The van der Waals surface area contributed by atoms with E-state index in [1.807, 2.05) is 0 Å². The van der Waals surface area contributed by atoms with Crippen LogP contribution in [0.15, 0.2) is 10.7 Å². The molecule has 0 spiro atoms. The van der Waals surface area contributed by atoms with Crippen LogP contribution in [0.25, 0.3) is 0 Å². The quantitative estimate of drug-likeness (QED) is 0.702. The highest BCUT2D eigenvalue weighted by molar-refractivity contribution is 5.91. The molecule has 19 heavy (non-hydrogen) atoms. The van der Waals surface area contributed by atoms with Gasteiger partial charge in [-0.2, -0.15) is 4.98 Å². The Morgan fingerprint density at radius 1 is 1.53 bits per heavy atom. The van der Waals surface area contributed by atoms with E-state index < -0.39 is 11.9 Å². The first-order valence-electron chi connectivity index (χ1n) is 5.24. The van der Waals surface area contributed by atoms with Crippen LogP contribution in [0, 0.1) is 6.92 Å². The van der Waals surface area contributed by atoms with Crippen LogP contribution in [0.1, 0.15) is 22.2 Å². The molecule has 2 aromatic heterocycles. The lowest BCUT2D eigenvalue weighted by atomic mass is 10.4. The largest absolute Gasteiger partial charge is 0.480 e. The summed E-state index contributed by atoms with van der Waals surface area (Å²) in [6.45, 7) is 1.36. The SMILES string of the molecule is Cc1noc(CNC(=O)c2cn(CC(=O)O)nn2)n1. The van der Waals surface area contributed by atoms with Crippen LogP contribution in [0.4, 0.5) is 0 Å². The first kappa shape index (κ1) is 12.7. The van der Waals surface area contributed by atoms with Crippen molar-refractivity contribution in [1.82, 2.24) is 30.5 Å². The van der Waals surface area contributed by atoms with Gasteiger partial charge in [0.1, 0.15) is 6.54 Å². The average Bonchev–Trinajstić information content (AvgIpc) is 2.95. The van der Waals surface area contributed by atoms with Crippen molar-refractivity contribution in [2.75, 3.05) is 0 Å². The van der Waals surface area contributed by atoms with Gasteiger partial charge in [0, 0.05) is 0 Å². The smallest absolute Gasteiger partial charge is 0.325 e. The van der Waals surface area contributed by atoms with Gasteiger partial charge in [-0.05, 0) is 6.92 Å². The number of hydrogen-bond acceptors (Lipinski definition) is 7. The van der Waals surface area contributed by atoms with Gasteiger partial charge >= 0.3 is 5.97 Å². The van der Waals surface area contributed by atoms with Crippen molar-refractivity contribution in [2.24, 2.45) is 0 Å². The van der Waals surface area contributed by atoms with Crippen molar-refractivity contribution in [3.05, 3.63) is 23.6 Å². The van der Waals surface area contributed by atoms with Gasteiger partial charge < -0.3 is 14.9 Å². The zero-order chi connectivity index (χ0) is 13.8. The van der Waals surface area contributed by atoms with Crippen molar-refractivity contribution in [1.29, 1.82) is 0 Å². The average molecular weight is 266 g/mol. The van der Waals surface area contributed by atoms with E-state index in [0.717, 1.165) is 4.68 Å². The van der Waals surface area contributed by atoms with E-state index in [4.69, 9.17) is 9.63 Å². The number of carboxylic acid groups (broad SMARTS) is 1. The Labute approximate surface area is 106 Å². The van der Waals surface area contributed by atoms with Gasteiger partial charge in [0.15, 0.2) is 11.5 Å². The Balaban J connectivity index is 1.92. The molecule has 2 aromatic rings. The number of nitrogens with one attached hydrogen (secondary N) is 1. The Bertz CT molecular complexity index is 603. The topological polar surface area (TPSA) is 136 Å². The predicted octanol–water partition coefficient (Wildman–Crippen LogP) is -1.02. The highest BCUT2D eigenvalue weighted by atomic mass is 16.5. The standard InChI is InChI=1S/C9H10N6O4/c1-5-11-7(19-13-5)2-10-9(18)6-3-15(14-12-6)4-8(16)17/h3H,2,4H2,1H3,(H,10,18)(H,16,17). The minimum Gasteiger partial charge on any atom is -0.480 e. The number of aliphatic carboxylic acids is 1. The molecule has 0 saturated heterocycles. The van der Waals surface area contributed by atoms with Crippen molar-refractivity contribution in [3.8, 4) is 0 Å². The Morgan fingerprint density at radius 2 is 2.32 bits per heavy atom. The number of carbonyl (C=O) groups excluding carboxylic acids is 1. The fraction of sp³-hybridized carbons (Fsp3) is 0.333. The summed E-state index contributed by atoms with van der Waals surface area (Å²) >= 11 is 0. The maximum atomic E-state index is 11.7. The molecule has 0 aromatic carbocycles. The number of aromatic nitrogens is 5. The second-order valence-electron chi connectivity index (χ2n) is 3.61. The summed E-state index contributed by atoms with van der Waals surface area (Å²) < 4.78 is 5.86. The zero-order valence-corrected chi connectivity index (χ0v) is 9.90. The number of carboxylic acids is 1. The Kier molecular flexibility index (Phi) is 3.50. The molecular formula is C9H10N6O4. The number of hydrogen-bond donors (Lipinski definition) is 2. The third-order valence-electron chi connectivity index (χ3n) is 2.04. The molecule has 0 aliphatic heterocycles. The minimum absolute atomic E-state index is 0.0116. The third kappa shape index (κ3) is 3.34. The predicted molar refractivity (Wildman–Crippen MR) is 57.9 cm³/mol. The summed E-state index contributed by atoms with van der Waals surface area (Å²) in [6.07, 6.45) is 1.24. The molecule has 2 rings (SSSR count). The zero-order valence-electron chi connectivity index (χ0n) is 9.90. The van der Waals surface area contributed by atoms with Gasteiger partial charge in [-0.1, -0.05) is 10.4 Å². The summed E-state index contributed by atoms with van der Waals surface area (Å²) in [7, 11) is 0. The number of amides is 1. The van der Waals surface area contributed by atoms with E-state index in [1.54, 1.807) is 6.92 Å². The molecule has 0 unspecified atom stereocenters. The van der Waals surface area contributed by atoms with Crippen LogP contribution < -0.4 is 5.32 Å². The monoisotopic (exact) mass is 266 g/mol. The first-order chi connectivity index (χ1) is 9.04. The summed E-state index contributed by atoms with van der Waals surface area (Å²) in [4.78, 5) is 26.0. The van der Waals surface area contributed by atoms with Crippen LogP contribution in [0.2, 0.25) is 0 Å². The Hall–Kier alpha value is -2.78. The molecule has 2 heterocycles. The summed E-state index contributed by atoms with van der Waals surface area (Å²) in [5.74, 6) is -0.842. The van der Waals surface area contributed by atoms with E-state index in [0.29, 0.717) is 5.82 Å². The molecule has 1 amide bonds. The van der Waals surface area contributed by atoms with E-state index in [1.165, 1.54) is 6.20 Å². The fourth-order valence-corrected chi connectivity index (χ4v) is 1.28. The van der Waals surface area contributed by atoms with Gasteiger partial charge in [-0.3, -0.25) is 9.59 Å². The van der Waals surface area contributed by atoms with Crippen LogP contribution in [-0.2, 0) is 17.9 Å². The minimum atomic E-state index is -1.07. The van der Waals surface area contributed by atoms with Crippen LogP contribution in [0.3, 0.4) is 0 Å². The molecule has 10 heteroatoms. The lowest BCUT2D eigenvalue weighted by molar-refractivity contribution is -0.137. The van der Waals surface area contributed by atoms with Gasteiger partial charge in [0.2, 0.25) is 5.89 Å².